The summed E-state index contributed by atoms with van der Waals surface area (Å²) in [5.74, 6) is -5.44. The van der Waals surface area contributed by atoms with Gasteiger partial charge in [0, 0.05) is 23.8 Å². The van der Waals surface area contributed by atoms with Crippen molar-refractivity contribution in [3.05, 3.63) is 83.9 Å². The summed E-state index contributed by atoms with van der Waals surface area (Å²) in [6.45, 7) is 1.81. The van der Waals surface area contributed by atoms with E-state index in [2.05, 4.69) is 12.1 Å². The second-order valence-corrected chi connectivity index (χ2v) is 8.71. The number of carbonyl (C=O) groups excluding carboxylic acids is 3. The SMILES string of the molecule is CCOC(=O)/C=C/[C@H]1C[C@@H](c2ccccc2)[C@](C#N)(C(=O)OC)[C@@H](c2ccccc2)[C@]1(C#N)C(=O)OC. The fraction of sp³-hybridized carbons (Fsp3) is 0.345. The molecule has 2 aromatic carbocycles. The fourth-order valence-corrected chi connectivity index (χ4v) is 5.52. The molecule has 5 atom stereocenters. The molecule has 1 aliphatic rings. The Kier molecular flexibility index (Phi) is 8.47. The van der Waals surface area contributed by atoms with Gasteiger partial charge in [-0.2, -0.15) is 10.5 Å². The molecule has 190 valence electrons. The first-order valence-corrected chi connectivity index (χ1v) is 11.8. The second kappa shape index (κ2) is 11.5. The summed E-state index contributed by atoms with van der Waals surface area (Å²) in [6.07, 6.45) is 2.63. The van der Waals surface area contributed by atoms with Crippen molar-refractivity contribution in [3.8, 4) is 12.1 Å². The molecule has 0 N–H and O–H groups in total. The third kappa shape index (κ3) is 4.59. The lowest BCUT2D eigenvalue weighted by Crippen LogP contribution is -2.58. The smallest absolute Gasteiger partial charge is 0.330 e. The molecule has 0 radical (unpaired) electrons. The van der Waals surface area contributed by atoms with E-state index >= 15 is 0 Å². The van der Waals surface area contributed by atoms with Crippen LogP contribution in [0.2, 0.25) is 0 Å². The zero-order valence-electron chi connectivity index (χ0n) is 20.9. The van der Waals surface area contributed by atoms with Gasteiger partial charge in [-0.15, -0.1) is 0 Å². The molecule has 0 saturated heterocycles. The van der Waals surface area contributed by atoms with Crippen LogP contribution < -0.4 is 0 Å². The highest BCUT2D eigenvalue weighted by atomic mass is 16.5. The predicted molar refractivity (Wildman–Crippen MR) is 132 cm³/mol. The van der Waals surface area contributed by atoms with Crippen LogP contribution >= 0.6 is 0 Å². The summed E-state index contributed by atoms with van der Waals surface area (Å²) in [5.41, 5.74) is -2.96. The van der Waals surface area contributed by atoms with Gasteiger partial charge >= 0.3 is 17.9 Å². The molecule has 1 saturated carbocycles. The predicted octanol–water partition coefficient (Wildman–Crippen LogP) is 4.06. The van der Waals surface area contributed by atoms with E-state index in [-0.39, 0.29) is 13.0 Å². The first kappa shape index (κ1) is 27.2. The van der Waals surface area contributed by atoms with Gasteiger partial charge in [0.1, 0.15) is 0 Å². The Labute approximate surface area is 216 Å². The Morgan fingerprint density at radius 1 is 0.892 bits per heavy atom. The average Bonchev–Trinajstić information content (AvgIpc) is 2.95. The van der Waals surface area contributed by atoms with Crippen LogP contribution in [0.15, 0.2) is 72.8 Å². The van der Waals surface area contributed by atoms with Gasteiger partial charge in [-0.25, -0.2) is 4.79 Å². The van der Waals surface area contributed by atoms with Crippen LogP contribution in [0.3, 0.4) is 0 Å². The van der Waals surface area contributed by atoms with Crippen LogP contribution in [-0.2, 0) is 28.6 Å². The summed E-state index contributed by atoms with van der Waals surface area (Å²) >= 11 is 0. The molecule has 0 unspecified atom stereocenters. The van der Waals surface area contributed by atoms with Crippen molar-refractivity contribution in [1.82, 2.24) is 0 Å². The number of methoxy groups -OCH3 is 2. The van der Waals surface area contributed by atoms with Crippen molar-refractivity contribution in [2.24, 2.45) is 16.7 Å². The molecule has 1 aliphatic carbocycles. The van der Waals surface area contributed by atoms with E-state index in [1.165, 1.54) is 19.3 Å². The molecule has 8 nitrogen and oxygen atoms in total. The topological polar surface area (TPSA) is 126 Å². The number of esters is 3. The number of carbonyl (C=O) groups is 3. The van der Waals surface area contributed by atoms with Gasteiger partial charge in [0.15, 0.2) is 10.8 Å². The third-order valence-corrected chi connectivity index (χ3v) is 7.04. The molecule has 0 heterocycles. The van der Waals surface area contributed by atoms with Gasteiger partial charge in [0.05, 0.1) is 33.0 Å². The molecule has 37 heavy (non-hydrogen) atoms. The average molecular weight is 501 g/mol. The highest BCUT2D eigenvalue weighted by molar-refractivity contribution is 5.90. The number of nitrogens with zero attached hydrogens (tertiary/aromatic N) is 2. The standard InChI is InChI=1S/C29H28N2O6/c1-4-37-24(32)16-15-22-17-23(20-11-7-5-8-12-20)29(19-31,27(34)36-3)25(21-13-9-6-10-14-21)28(22,18-30)26(33)35-2/h5-16,22-23,25H,4,17H2,1-3H3/b16-15+/t22-,23-,25-,28+,29-/m0/s1. The number of benzene rings is 2. The minimum absolute atomic E-state index is 0.00850. The van der Waals surface area contributed by atoms with E-state index in [0.29, 0.717) is 11.1 Å². The van der Waals surface area contributed by atoms with Crippen molar-refractivity contribution >= 4 is 17.9 Å². The third-order valence-electron chi connectivity index (χ3n) is 7.04. The van der Waals surface area contributed by atoms with Gasteiger partial charge in [-0.3, -0.25) is 9.59 Å². The molecule has 0 spiro atoms. The fourth-order valence-electron chi connectivity index (χ4n) is 5.52. The maximum absolute atomic E-state index is 13.7. The lowest BCUT2D eigenvalue weighted by atomic mass is 9.45. The van der Waals surface area contributed by atoms with E-state index in [9.17, 15) is 24.9 Å². The van der Waals surface area contributed by atoms with E-state index in [4.69, 9.17) is 14.2 Å². The van der Waals surface area contributed by atoms with Crippen LogP contribution in [0.25, 0.3) is 0 Å². The minimum atomic E-state index is -2.05. The van der Waals surface area contributed by atoms with Crippen LogP contribution in [0, 0.1) is 39.4 Å². The largest absolute Gasteiger partial charge is 0.468 e. The van der Waals surface area contributed by atoms with Crippen LogP contribution in [0.1, 0.15) is 36.3 Å². The van der Waals surface area contributed by atoms with Gasteiger partial charge in [0.25, 0.3) is 0 Å². The van der Waals surface area contributed by atoms with E-state index < -0.39 is 46.5 Å². The number of ether oxygens (including phenoxy) is 3. The van der Waals surface area contributed by atoms with Crippen LogP contribution in [0.5, 0.6) is 0 Å². The summed E-state index contributed by atoms with van der Waals surface area (Å²) in [6, 6.07) is 21.7. The van der Waals surface area contributed by atoms with Gasteiger partial charge in [0.2, 0.25) is 0 Å². The lowest BCUT2D eigenvalue weighted by molar-refractivity contribution is -0.167. The maximum atomic E-state index is 13.7. The first-order chi connectivity index (χ1) is 17.9. The number of nitriles is 2. The molecule has 0 bridgehead atoms. The molecular weight excluding hydrogens is 472 g/mol. The minimum Gasteiger partial charge on any atom is -0.468 e. The molecule has 0 amide bonds. The van der Waals surface area contributed by atoms with Crippen LogP contribution in [0.4, 0.5) is 0 Å². The maximum Gasteiger partial charge on any atom is 0.330 e. The Morgan fingerprint density at radius 2 is 1.41 bits per heavy atom. The van der Waals surface area contributed by atoms with E-state index in [1.54, 1.807) is 67.6 Å². The van der Waals surface area contributed by atoms with Gasteiger partial charge in [-0.05, 0) is 24.5 Å². The normalized spacial score (nSPS) is 26.9. The van der Waals surface area contributed by atoms with Crippen molar-refractivity contribution in [2.75, 3.05) is 20.8 Å². The van der Waals surface area contributed by atoms with Gasteiger partial charge < -0.3 is 14.2 Å². The molecule has 0 aliphatic heterocycles. The summed E-state index contributed by atoms with van der Waals surface area (Å²) in [7, 11) is 2.32. The summed E-state index contributed by atoms with van der Waals surface area (Å²) in [4.78, 5) is 39.5. The number of allylic oxidation sites excluding steroid dienone is 1. The molecule has 3 rings (SSSR count). The molecule has 1 fully saturated rings. The number of hydrogen-bond donors (Lipinski definition) is 0. The zero-order chi connectivity index (χ0) is 27.1. The van der Waals surface area contributed by atoms with Crippen molar-refractivity contribution in [1.29, 1.82) is 10.5 Å². The van der Waals surface area contributed by atoms with E-state index in [0.717, 1.165) is 7.11 Å². The Morgan fingerprint density at radius 3 is 1.89 bits per heavy atom. The Bertz CT molecular complexity index is 1250. The van der Waals surface area contributed by atoms with Crippen LogP contribution in [-0.4, -0.2) is 38.7 Å². The molecule has 0 aromatic heterocycles. The van der Waals surface area contributed by atoms with Crippen molar-refractivity contribution in [3.63, 3.8) is 0 Å². The first-order valence-electron chi connectivity index (χ1n) is 11.8. The quantitative estimate of drug-likeness (QED) is 0.316. The van der Waals surface area contributed by atoms with Gasteiger partial charge in [-0.1, -0.05) is 66.7 Å². The van der Waals surface area contributed by atoms with Crippen molar-refractivity contribution < 1.29 is 28.6 Å². The highest BCUT2D eigenvalue weighted by Crippen LogP contribution is 2.65. The Hall–Kier alpha value is -4.43. The summed E-state index contributed by atoms with van der Waals surface area (Å²) in [5, 5.41) is 21.4. The highest BCUT2D eigenvalue weighted by Gasteiger charge is 2.70. The molecule has 2 aromatic rings. The molecular formula is C29H28N2O6. The zero-order valence-corrected chi connectivity index (χ0v) is 20.9. The Balaban J connectivity index is 2.45. The lowest BCUT2D eigenvalue weighted by Gasteiger charge is -2.52. The van der Waals surface area contributed by atoms with Crippen molar-refractivity contribution in [2.45, 2.75) is 25.2 Å². The number of rotatable bonds is 7. The number of hydrogen-bond acceptors (Lipinski definition) is 8. The van der Waals surface area contributed by atoms with E-state index in [1.807, 2.05) is 0 Å². The second-order valence-electron chi connectivity index (χ2n) is 8.71. The molecule has 8 heteroatoms. The monoisotopic (exact) mass is 500 g/mol. The summed E-state index contributed by atoms with van der Waals surface area (Å²) < 4.78 is 15.3.